The molecule has 1 aromatic rings. The number of hydrogen-bond acceptors (Lipinski definition) is 5. The first-order valence-corrected chi connectivity index (χ1v) is 12.5. The number of carbonyl (C=O) groups is 1. The maximum Gasteiger partial charge on any atom is 0.238 e. The van der Waals surface area contributed by atoms with Crippen LogP contribution in [0.15, 0.2) is 18.2 Å². The van der Waals surface area contributed by atoms with Crippen molar-refractivity contribution in [1.29, 1.82) is 0 Å². The molecule has 1 spiro atoms. The summed E-state index contributed by atoms with van der Waals surface area (Å²) in [4.78, 5) is 14.6. The minimum Gasteiger partial charge on any atom is -0.495 e. The fourth-order valence-electron chi connectivity index (χ4n) is 4.60. The molecule has 0 atom stereocenters. The summed E-state index contributed by atoms with van der Waals surface area (Å²) < 4.78 is 31.5. The van der Waals surface area contributed by atoms with E-state index in [-0.39, 0.29) is 16.9 Å². The Morgan fingerprint density at radius 2 is 1.87 bits per heavy atom. The maximum atomic E-state index is 12.5. The lowest BCUT2D eigenvalue weighted by atomic mass is 9.69. The van der Waals surface area contributed by atoms with Crippen molar-refractivity contribution in [2.75, 3.05) is 44.9 Å². The van der Waals surface area contributed by atoms with E-state index in [1.165, 1.54) is 6.26 Å². The fraction of sp³-hybridized carbons (Fsp3) is 0.667. The zero-order valence-electron chi connectivity index (χ0n) is 18.2. The highest BCUT2D eigenvalue weighted by Gasteiger charge is 2.47. The molecule has 2 aliphatic heterocycles. The molecule has 1 amide bonds. The Morgan fingerprint density at radius 1 is 1.20 bits per heavy atom. The molecule has 2 aliphatic rings. The Balaban J connectivity index is 1.55. The normalized spacial score (nSPS) is 22.0. The van der Waals surface area contributed by atoms with Gasteiger partial charge in [-0.2, -0.15) is 4.31 Å². The molecule has 3 rings (SSSR count). The molecule has 0 saturated carbocycles. The average molecular weight is 458 g/mol. The van der Waals surface area contributed by atoms with Gasteiger partial charge in [0.05, 0.1) is 24.9 Å². The van der Waals surface area contributed by atoms with E-state index >= 15 is 0 Å². The van der Waals surface area contributed by atoms with E-state index in [2.05, 4.69) is 10.2 Å². The number of sulfonamides is 1. The average Bonchev–Trinajstić information content (AvgIpc) is 2.65. The molecular formula is C21H32ClN3O4S. The van der Waals surface area contributed by atoms with Crippen molar-refractivity contribution in [3.05, 3.63) is 23.2 Å². The van der Waals surface area contributed by atoms with Crippen molar-refractivity contribution >= 4 is 33.2 Å². The van der Waals surface area contributed by atoms with Crippen molar-refractivity contribution < 1.29 is 17.9 Å². The van der Waals surface area contributed by atoms with Crippen LogP contribution in [0.3, 0.4) is 0 Å². The number of ether oxygens (including phenoxy) is 1. The summed E-state index contributed by atoms with van der Waals surface area (Å²) in [5.74, 6) is 0.476. The standard InChI is InChI=1S/C21H32ClN3O4S/c1-20(2)7-8-21(15-25(20)30(4,27)28)9-11-24(12-10-21)14-19(26)23-16-5-6-18(29-3)17(22)13-16/h5-6,13H,7-12,14-15H2,1-4H3,(H,23,26). The molecule has 0 unspecified atom stereocenters. The molecule has 9 heteroatoms. The maximum absolute atomic E-state index is 12.5. The van der Waals surface area contributed by atoms with Gasteiger partial charge in [0.2, 0.25) is 15.9 Å². The summed E-state index contributed by atoms with van der Waals surface area (Å²) in [5.41, 5.74) is 0.308. The molecule has 7 nitrogen and oxygen atoms in total. The second-order valence-electron chi connectivity index (χ2n) is 9.26. The molecule has 168 valence electrons. The number of nitrogens with zero attached hydrogens (tertiary/aromatic N) is 2. The number of methoxy groups -OCH3 is 1. The number of hydrogen-bond donors (Lipinski definition) is 1. The monoisotopic (exact) mass is 457 g/mol. The van der Waals surface area contributed by atoms with Crippen LogP contribution in [-0.2, 0) is 14.8 Å². The van der Waals surface area contributed by atoms with Gasteiger partial charge in [0.25, 0.3) is 0 Å². The van der Waals surface area contributed by atoms with Gasteiger partial charge in [-0.3, -0.25) is 9.69 Å². The molecule has 30 heavy (non-hydrogen) atoms. The molecule has 2 saturated heterocycles. The summed E-state index contributed by atoms with van der Waals surface area (Å²) >= 11 is 6.12. The minimum atomic E-state index is -3.25. The Hall–Kier alpha value is -1.35. The molecule has 0 radical (unpaired) electrons. The summed E-state index contributed by atoms with van der Waals surface area (Å²) in [7, 11) is -1.70. The van der Waals surface area contributed by atoms with Gasteiger partial charge < -0.3 is 10.1 Å². The van der Waals surface area contributed by atoms with Crippen molar-refractivity contribution in [3.8, 4) is 5.75 Å². The van der Waals surface area contributed by atoms with E-state index in [1.54, 1.807) is 29.6 Å². The first-order chi connectivity index (χ1) is 13.9. The summed E-state index contributed by atoms with van der Waals surface area (Å²) in [5, 5.41) is 3.33. The summed E-state index contributed by atoms with van der Waals surface area (Å²) in [6.45, 7) is 6.46. The van der Waals surface area contributed by atoms with E-state index in [9.17, 15) is 13.2 Å². The molecule has 2 heterocycles. The van der Waals surface area contributed by atoms with Crippen LogP contribution in [0.4, 0.5) is 5.69 Å². The molecule has 0 aromatic heterocycles. The third kappa shape index (κ3) is 5.28. The van der Waals surface area contributed by atoms with Gasteiger partial charge in [0.1, 0.15) is 5.75 Å². The third-order valence-electron chi connectivity index (χ3n) is 6.54. The highest BCUT2D eigenvalue weighted by atomic mass is 35.5. The lowest BCUT2D eigenvalue weighted by molar-refractivity contribution is -0.118. The van der Waals surface area contributed by atoms with Gasteiger partial charge in [-0.25, -0.2) is 8.42 Å². The predicted molar refractivity (Wildman–Crippen MR) is 120 cm³/mol. The Bertz CT molecular complexity index is 896. The Morgan fingerprint density at radius 3 is 2.43 bits per heavy atom. The van der Waals surface area contributed by atoms with Crippen LogP contribution in [0.25, 0.3) is 0 Å². The van der Waals surface area contributed by atoms with Gasteiger partial charge >= 0.3 is 0 Å². The zero-order chi connectivity index (χ0) is 22.2. The quantitative estimate of drug-likeness (QED) is 0.734. The van der Waals surface area contributed by atoms with Gasteiger partial charge in [-0.1, -0.05) is 11.6 Å². The van der Waals surface area contributed by atoms with Crippen LogP contribution in [-0.4, -0.2) is 68.6 Å². The van der Waals surface area contributed by atoms with Gasteiger partial charge in [0.15, 0.2) is 0 Å². The van der Waals surface area contributed by atoms with Gasteiger partial charge in [0, 0.05) is 17.8 Å². The SMILES string of the molecule is COc1ccc(NC(=O)CN2CCC3(CC2)CCC(C)(C)N(S(C)(=O)=O)C3)cc1Cl. The van der Waals surface area contributed by atoms with E-state index in [4.69, 9.17) is 16.3 Å². The smallest absolute Gasteiger partial charge is 0.238 e. The number of piperidine rings is 2. The molecule has 1 aromatic carbocycles. The zero-order valence-corrected chi connectivity index (χ0v) is 19.8. The highest BCUT2D eigenvalue weighted by Crippen LogP contribution is 2.45. The van der Waals surface area contributed by atoms with Gasteiger partial charge in [-0.15, -0.1) is 0 Å². The van der Waals surface area contributed by atoms with Gasteiger partial charge in [-0.05, 0) is 76.2 Å². The first kappa shape index (κ1) is 23.3. The number of carbonyl (C=O) groups excluding carboxylic acids is 1. The van der Waals surface area contributed by atoms with Crippen molar-refractivity contribution in [2.45, 2.75) is 45.1 Å². The first-order valence-electron chi connectivity index (χ1n) is 10.3. The van der Waals surface area contributed by atoms with Crippen LogP contribution in [0.1, 0.15) is 39.5 Å². The number of amides is 1. The highest BCUT2D eigenvalue weighted by molar-refractivity contribution is 7.88. The molecule has 0 aliphatic carbocycles. The number of rotatable bonds is 5. The molecule has 1 N–H and O–H groups in total. The second-order valence-corrected chi connectivity index (χ2v) is 11.6. The van der Waals surface area contributed by atoms with Crippen LogP contribution in [0, 0.1) is 5.41 Å². The van der Waals surface area contributed by atoms with Crippen LogP contribution < -0.4 is 10.1 Å². The van der Waals surface area contributed by atoms with Crippen LogP contribution in [0.5, 0.6) is 5.75 Å². The van der Waals surface area contributed by atoms with E-state index in [1.807, 2.05) is 13.8 Å². The van der Waals surface area contributed by atoms with Crippen LogP contribution >= 0.6 is 11.6 Å². The molecule has 2 fully saturated rings. The van der Waals surface area contributed by atoms with E-state index in [0.717, 1.165) is 38.8 Å². The third-order valence-corrected chi connectivity index (χ3v) is 8.26. The summed E-state index contributed by atoms with van der Waals surface area (Å²) in [6.07, 6.45) is 4.99. The van der Waals surface area contributed by atoms with E-state index < -0.39 is 10.0 Å². The molecule has 0 bridgehead atoms. The van der Waals surface area contributed by atoms with E-state index in [0.29, 0.717) is 29.5 Å². The molecular weight excluding hydrogens is 426 g/mol. The van der Waals surface area contributed by atoms with Crippen molar-refractivity contribution in [1.82, 2.24) is 9.21 Å². The van der Waals surface area contributed by atoms with Crippen molar-refractivity contribution in [2.24, 2.45) is 5.41 Å². The number of benzene rings is 1. The second kappa shape index (κ2) is 8.65. The van der Waals surface area contributed by atoms with Crippen molar-refractivity contribution in [3.63, 3.8) is 0 Å². The lowest BCUT2D eigenvalue weighted by Gasteiger charge is -2.52. The topological polar surface area (TPSA) is 79.0 Å². The number of anilines is 1. The predicted octanol–water partition coefficient (Wildman–Crippen LogP) is 3.20. The minimum absolute atomic E-state index is 0.00901. The number of halogens is 1. The largest absolute Gasteiger partial charge is 0.495 e. The lowest BCUT2D eigenvalue weighted by Crippen LogP contribution is -2.58. The number of likely N-dealkylation sites (tertiary alicyclic amines) is 1. The Kier molecular flexibility index (Phi) is 6.72. The fourth-order valence-corrected chi connectivity index (χ4v) is 6.36. The number of nitrogens with one attached hydrogen (secondary N) is 1. The summed E-state index contributed by atoms with van der Waals surface area (Å²) in [6, 6.07) is 5.16. The Labute approximate surface area is 184 Å². The van der Waals surface area contributed by atoms with Crippen LogP contribution in [0.2, 0.25) is 5.02 Å².